The Bertz CT molecular complexity index is 827. The molecule has 6 heteroatoms. The summed E-state index contributed by atoms with van der Waals surface area (Å²) in [5.41, 5.74) is 1.11. The summed E-state index contributed by atoms with van der Waals surface area (Å²) in [5, 5.41) is 11.2. The van der Waals surface area contributed by atoms with Crippen LogP contribution in [0.2, 0.25) is 0 Å². The molecule has 0 aromatic carbocycles. The van der Waals surface area contributed by atoms with Gasteiger partial charge in [-0.2, -0.15) is 0 Å². The van der Waals surface area contributed by atoms with Crippen LogP contribution in [0.15, 0.2) is 65.6 Å². The zero-order valence-electron chi connectivity index (χ0n) is 12.9. The van der Waals surface area contributed by atoms with Crippen LogP contribution in [0.3, 0.4) is 0 Å². The van der Waals surface area contributed by atoms with E-state index in [1.807, 2.05) is 23.1 Å². The third-order valence-electron chi connectivity index (χ3n) is 5.58. The maximum absolute atomic E-state index is 11.2. The number of pyridine rings is 1. The van der Waals surface area contributed by atoms with Crippen molar-refractivity contribution in [1.82, 2.24) is 9.88 Å². The molecule has 0 radical (unpaired) electrons. The van der Waals surface area contributed by atoms with Gasteiger partial charge in [0.05, 0.1) is 22.9 Å². The summed E-state index contributed by atoms with van der Waals surface area (Å²) in [6.07, 6.45) is 12.4. The first kappa shape index (κ1) is 13.7. The zero-order valence-corrected chi connectivity index (χ0v) is 12.9. The van der Waals surface area contributed by atoms with Crippen molar-refractivity contribution in [2.75, 3.05) is 0 Å². The number of rotatable bonds is 2. The van der Waals surface area contributed by atoms with E-state index in [1.165, 1.54) is 6.08 Å². The Kier molecular flexibility index (Phi) is 2.77. The second kappa shape index (κ2) is 4.87. The number of nitrogens with zero attached hydrogens (tertiary/aromatic N) is 4. The van der Waals surface area contributed by atoms with Crippen molar-refractivity contribution in [2.24, 2.45) is 22.7 Å². The predicted molar refractivity (Wildman–Crippen MR) is 88.5 cm³/mol. The number of aliphatic imine (C=N–C) groups is 1. The van der Waals surface area contributed by atoms with Crippen LogP contribution in [0.4, 0.5) is 0 Å². The minimum absolute atomic E-state index is 0.0117. The van der Waals surface area contributed by atoms with Crippen LogP contribution in [0.25, 0.3) is 0 Å². The van der Waals surface area contributed by atoms with Gasteiger partial charge in [-0.15, -0.1) is 0 Å². The van der Waals surface area contributed by atoms with Crippen LogP contribution in [0.5, 0.6) is 0 Å². The molecule has 2 aliphatic carbocycles. The lowest BCUT2D eigenvalue weighted by atomic mass is 9.79. The quantitative estimate of drug-likeness (QED) is 0.477. The Morgan fingerprint density at radius 2 is 2.08 bits per heavy atom. The van der Waals surface area contributed by atoms with Gasteiger partial charge in [0, 0.05) is 24.2 Å². The van der Waals surface area contributed by atoms with Gasteiger partial charge in [0.15, 0.2) is 0 Å². The molecule has 0 saturated heterocycles. The van der Waals surface area contributed by atoms with Crippen molar-refractivity contribution in [3.8, 4) is 0 Å². The molecule has 0 spiro atoms. The standard InChI is InChI=1S/C18H16N4O2/c23-22(24)13-6-7-15-20-17(14-3-1-2-8-19-14)16-11-4-5-12(9-11)18(16)21(15)10-13/h1-8,10-12,16-18H,9H2. The maximum Gasteiger partial charge on any atom is 0.285 e. The van der Waals surface area contributed by atoms with Crippen LogP contribution in [-0.2, 0) is 0 Å². The summed E-state index contributed by atoms with van der Waals surface area (Å²) in [6, 6.07) is 6.17. The van der Waals surface area contributed by atoms with E-state index in [-0.39, 0.29) is 22.7 Å². The highest BCUT2D eigenvalue weighted by atomic mass is 16.6. The molecule has 2 bridgehead atoms. The Hall–Kier alpha value is -2.76. The summed E-state index contributed by atoms with van der Waals surface area (Å²) in [6.45, 7) is 0. The molecule has 5 atom stereocenters. The minimum atomic E-state index is -0.337. The zero-order chi connectivity index (χ0) is 16.3. The summed E-state index contributed by atoms with van der Waals surface area (Å²) in [4.78, 5) is 22.3. The van der Waals surface area contributed by atoms with E-state index in [1.54, 1.807) is 18.5 Å². The van der Waals surface area contributed by atoms with Gasteiger partial charge in [-0.3, -0.25) is 20.1 Å². The Labute approximate surface area is 139 Å². The van der Waals surface area contributed by atoms with Gasteiger partial charge < -0.3 is 4.90 Å². The Morgan fingerprint density at radius 3 is 2.88 bits per heavy atom. The van der Waals surface area contributed by atoms with Crippen LogP contribution in [0.1, 0.15) is 18.2 Å². The summed E-state index contributed by atoms with van der Waals surface area (Å²) < 4.78 is 0. The predicted octanol–water partition coefficient (Wildman–Crippen LogP) is 2.72. The second-order valence-electron chi connectivity index (χ2n) is 6.75. The lowest BCUT2D eigenvalue weighted by Gasteiger charge is -2.44. The van der Waals surface area contributed by atoms with Gasteiger partial charge in [-0.05, 0) is 36.5 Å². The lowest BCUT2D eigenvalue weighted by molar-refractivity contribution is -0.420. The van der Waals surface area contributed by atoms with Gasteiger partial charge in [-0.25, -0.2) is 0 Å². The fourth-order valence-electron chi connectivity index (χ4n) is 4.64. The topological polar surface area (TPSA) is 71.6 Å². The average molecular weight is 320 g/mol. The van der Waals surface area contributed by atoms with E-state index >= 15 is 0 Å². The molecule has 4 aliphatic rings. The fourth-order valence-corrected chi connectivity index (χ4v) is 4.64. The summed E-state index contributed by atoms with van der Waals surface area (Å²) in [7, 11) is 0. The van der Waals surface area contributed by atoms with Crippen LogP contribution in [-0.4, -0.2) is 26.7 Å². The van der Waals surface area contributed by atoms with E-state index < -0.39 is 0 Å². The normalized spacial score (nSPS) is 35.3. The Morgan fingerprint density at radius 1 is 1.21 bits per heavy atom. The molecular weight excluding hydrogens is 304 g/mol. The highest BCUT2D eigenvalue weighted by molar-refractivity contribution is 5.96. The van der Waals surface area contributed by atoms with E-state index in [2.05, 4.69) is 17.1 Å². The van der Waals surface area contributed by atoms with Crippen LogP contribution in [0, 0.1) is 27.9 Å². The van der Waals surface area contributed by atoms with Crippen LogP contribution >= 0.6 is 0 Å². The molecule has 6 nitrogen and oxygen atoms in total. The molecule has 0 amide bonds. The first-order valence-electron chi connectivity index (χ1n) is 8.22. The smallest absolute Gasteiger partial charge is 0.285 e. The highest BCUT2D eigenvalue weighted by Gasteiger charge is 2.54. The number of aromatic nitrogens is 1. The van der Waals surface area contributed by atoms with Crippen LogP contribution < -0.4 is 0 Å². The van der Waals surface area contributed by atoms with Gasteiger partial charge in [0.2, 0.25) is 0 Å². The average Bonchev–Trinajstić information content (AvgIpc) is 3.23. The van der Waals surface area contributed by atoms with E-state index in [0.29, 0.717) is 17.8 Å². The number of allylic oxidation sites excluding steroid dienone is 2. The van der Waals surface area contributed by atoms with Gasteiger partial charge in [0.1, 0.15) is 5.84 Å². The van der Waals surface area contributed by atoms with Gasteiger partial charge in [-0.1, -0.05) is 18.2 Å². The molecule has 5 unspecified atom stereocenters. The number of nitro groups is 1. The van der Waals surface area contributed by atoms with Crippen molar-refractivity contribution in [2.45, 2.75) is 18.5 Å². The van der Waals surface area contributed by atoms with Gasteiger partial charge >= 0.3 is 0 Å². The first-order chi connectivity index (χ1) is 11.7. The minimum Gasteiger partial charge on any atom is -0.323 e. The number of hydrogen-bond donors (Lipinski definition) is 0. The van der Waals surface area contributed by atoms with E-state index in [9.17, 15) is 10.1 Å². The molecule has 3 heterocycles. The lowest BCUT2D eigenvalue weighted by Crippen LogP contribution is -2.49. The SMILES string of the molecule is O=[N+]([O-])C1=CN2C(=NC(c3ccccn3)C3C4C=CC(C4)C32)C=C1. The van der Waals surface area contributed by atoms with E-state index in [4.69, 9.17) is 4.99 Å². The molecule has 2 aliphatic heterocycles. The molecule has 120 valence electrons. The van der Waals surface area contributed by atoms with Crippen molar-refractivity contribution in [3.63, 3.8) is 0 Å². The molecule has 24 heavy (non-hydrogen) atoms. The van der Waals surface area contributed by atoms with Gasteiger partial charge in [0.25, 0.3) is 5.70 Å². The molecular formula is C18H16N4O2. The highest BCUT2D eigenvalue weighted by Crippen LogP contribution is 2.54. The molecule has 1 saturated carbocycles. The second-order valence-corrected chi connectivity index (χ2v) is 6.75. The molecule has 5 rings (SSSR count). The monoisotopic (exact) mass is 320 g/mol. The number of amidine groups is 1. The van der Waals surface area contributed by atoms with E-state index in [0.717, 1.165) is 18.0 Å². The molecule has 1 aromatic heterocycles. The van der Waals surface area contributed by atoms with Crippen molar-refractivity contribution in [1.29, 1.82) is 0 Å². The number of hydrogen-bond acceptors (Lipinski definition) is 5. The van der Waals surface area contributed by atoms with Crippen molar-refractivity contribution in [3.05, 3.63) is 76.4 Å². The third-order valence-corrected chi connectivity index (χ3v) is 5.58. The largest absolute Gasteiger partial charge is 0.323 e. The molecule has 1 fully saturated rings. The van der Waals surface area contributed by atoms with Crippen molar-refractivity contribution < 1.29 is 4.92 Å². The molecule has 0 N–H and O–H groups in total. The fraction of sp³-hybridized carbons (Fsp3) is 0.333. The first-order valence-corrected chi connectivity index (χ1v) is 8.22. The molecule has 1 aromatic rings. The summed E-state index contributed by atoms with van der Waals surface area (Å²) >= 11 is 0. The maximum atomic E-state index is 11.2. The third kappa shape index (κ3) is 1.82. The number of fused-ring (bicyclic) bond motifs is 7. The Balaban J connectivity index is 1.63. The van der Waals surface area contributed by atoms with Crippen molar-refractivity contribution >= 4 is 5.84 Å². The summed E-state index contributed by atoms with van der Waals surface area (Å²) in [5.74, 6) is 2.01.